The molecule has 5 nitrogen and oxygen atoms in total. The van der Waals surface area contributed by atoms with E-state index in [4.69, 9.17) is 32.8 Å². The number of ether oxygens (including phenoxy) is 1. The molecule has 0 spiro atoms. The van der Waals surface area contributed by atoms with Crippen molar-refractivity contribution < 1.29 is 27.1 Å². The van der Waals surface area contributed by atoms with E-state index < -0.39 is 24.3 Å². The summed E-state index contributed by atoms with van der Waals surface area (Å²) >= 11 is 11.7. The molecule has 0 saturated heterocycles. The molecule has 0 bridgehead atoms. The second kappa shape index (κ2) is 8.50. The maximum absolute atomic E-state index is 13.8. The average Bonchev–Trinajstić information content (AvgIpc) is 2.96. The predicted octanol–water partition coefficient (Wildman–Crippen LogP) is 4.67. The number of hydrogen-bond donors (Lipinski definition) is 0. The summed E-state index contributed by atoms with van der Waals surface area (Å²) in [5, 5.41) is 6.84. The first-order valence-electron chi connectivity index (χ1n) is 7.17. The van der Waals surface area contributed by atoms with Gasteiger partial charge in [-0.3, -0.25) is 0 Å². The molecule has 0 fully saturated rings. The van der Waals surface area contributed by atoms with E-state index in [2.05, 4.69) is 22.3 Å². The third-order valence-corrected chi connectivity index (χ3v) is 3.71. The van der Waals surface area contributed by atoms with Gasteiger partial charge in [-0.1, -0.05) is 34.3 Å². The monoisotopic (exact) mass is 423 g/mol. The molecule has 0 aliphatic carbocycles. The molecule has 0 aliphatic rings. The highest BCUT2D eigenvalue weighted by atomic mass is 35.5. The highest BCUT2D eigenvalue weighted by Gasteiger charge is 2.35. The van der Waals surface area contributed by atoms with Crippen LogP contribution in [0.25, 0.3) is 0 Å². The summed E-state index contributed by atoms with van der Waals surface area (Å²) in [6.45, 7) is 1.10. The van der Waals surface area contributed by atoms with E-state index in [1.807, 2.05) is 0 Å². The molecule has 11 heteroatoms. The topological polar surface area (TPSA) is 48.6 Å². The van der Waals surface area contributed by atoms with Crippen LogP contribution in [0.2, 0.25) is 10.0 Å². The van der Waals surface area contributed by atoms with Crippen LogP contribution in [0.3, 0.4) is 0 Å². The van der Waals surface area contributed by atoms with Crippen molar-refractivity contribution in [3.8, 4) is 17.9 Å². The molecule has 1 aromatic heterocycles. The SMILES string of the molecule is CC#CO/N=C(\COc1cc(C(F)(F)F)nn1C)c1cc(F)c(Cl)cc1Cl. The zero-order valence-corrected chi connectivity index (χ0v) is 15.4. The molecule has 0 N–H and O–H groups in total. The summed E-state index contributed by atoms with van der Waals surface area (Å²) in [5.74, 6) is 1.46. The number of nitrogens with zero attached hydrogens (tertiary/aromatic N) is 3. The summed E-state index contributed by atoms with van der Waals surface area (Å²) in [6.07, 6.45) is -2.42. The van der Waals surface area contributed by atoms with E-state index in [1.54, 1.807) is 0 Å². The van der Waals surface area contributed by atoms with Crippen LogP contribution in [0.1, 0.15) is 18.2 Å². The molecule has 144 valence electrons. The largest absolute Gasteiger partial charge is 0.471 e. The Kier molecular flexibility index (Phi) is 6.57. The molecule has 0 atom stereocenters. The zero-order valence-electron chi connectivity index (χ0n) is 13.9. The van der Waals surface area contributed by atoms with Crippen LogP contribution < -0.4 is 4.74 Å². The second-order valence-electron chi connectivity index (χ2n) is 5.01. The molecule has 0 unspecified atom stereocenters. The Bertz CT molecular complexity index is 930. The summed E-state index contributed by atoms with van der Waals surface area (Å²) in [7, 11) is 1.27. The minimum atomic E-state index is -4.63. The van der Waals surface area contributed by atoms with Gasteiger partial charge in [-0.25, -0.2) is 9.07 Å². The van der Waals surface area contributed by atoms with E-state index in [9.17, 15) is 17.6 Å². The summed E-state index contributed by atoms with van der Waals surface area (Å²) in [6, 6.07) is 2.87. The molecule has 2 aromatic rings. The molecule has 0 aliphatic heterocycles. The summed E-state index contributed by atoms with van der Waals surface area (Å²) in [4.78, 5) is 4.73. The van der Waals surface area contributed by atoms with Crippen LogP contribution in [-0.4, -0.2) is 22.1 Å². The number of hydrogen-bond acceptors (Lipinski definition) is 4. The van der Waals surface area contributed by atoms with Crippen molar-refractivity contribution in [2.24, 2.45) is 12.2 Å². The van der Waals surface area contributed by atoms with Crippen LogP contribution in [0.5, 0.6) is 5.88 Å². The molecule has 0 radical (unpaired) electrons. The van der Waals surface area contributed by atoms with Gasteiger partial charge in [0.2, 0.25) is 5.88 Å². The Hall–Kier alpha value is -2.44. The van der Waals surface area contributed by atoms with Crippen molar-refractivity contribution in [3.05, 3.63) is 45.3 Å². The molecule has 1 heterocycles. The van der Waals surface area contributed by atoms with Gasteiger partial charge in [0.15, 0.2) is 5.69 Å². The molecular formula is C16H11Cl2F4N3O2. The summed E-state index contributed by atoms with van der Waals surface area (Å²) < 4.78 is 58.2. The minimum absolute atomic E-state index is 0.0203. The first-order valence-corrected chi connectivity index (χ1v) is 7.92. The highest BCUT2D eigenvalue weighted by Crippen LogP contribution is 2.30. The van der Waals surface area contributed by atoms with Gasteiger partial charge in [-0.2, -0.15) is 18.3 Å². The van der Waals surface area contributed by atoms with Crippen molar-refractivity contribution in [3.63, 3.8) is 0 Å². The fourth-order valence-corrected chi connectivity index (χ4v) is 2.38. The lowest BCUT2D eigenvalue weighted by Gasteiger charge is -2.10. The fourth-order valence-electron chi connectivity index (χ4n) is 1.89. The quantitative estimate of drug-likeness (QED) is 0.231. The Balaban J connectivity index is 2.32. The van der Waals surface area contributed by atoms with Crippen LogP contribution in [0.4, 0.5) is 17.6 Å². The van der Waals surface area contributed by atoms with Crippen molar-refractivity contribution in [1.29, 1.82) is 0 Å². The predicted molar refractivity (Wildman–Crippen MR) is 91.2 cm³/mol. The van der Waals surface area contributed by atoms with Crippen LogP contribution in [0, 0.1) is 17.8 Å². The smallest absolute Gasteiger partial charge is 0.435 e. The Morgan fingerprint density at radius 1 is 1.26 bits per heavy atom. The van der Waals surface area contributed by atoms with Crippen LogP contribution >= 0.6 is 23.2 Å². The number of halogens is 6. The number of alkyl halides is 3. The number of aryl methyl sites for hydroxylation is 1. The lowest BCUT2D eigenvalue weighted by Crippen LogP contribution is -2.15. The third-order valence-electron chi connectivity index (χ3n) is 3.11. The molecule has 2 rings (SSSR count). The third kappa shape index (κ3) is 5.28. The Labute approximate surface area is 161 Å². The van der Waals surface area contributed by atoms with E-state index in [-0.39, 0.29) is 27.2 Å². The second-order valence-corrected chi connectivity index (χ2v) is 5.82. The van der Waals surface area contributed by atoms with Crippen molar-refractivity contribution in [1.82, 2.24) is 9.78 Å². The van der Waals surface area contributed by atoms with Crippen LogP contribution in [0.15, 0.2) is 23.4 Å². The zero-order chi connectivity index (χ0) is 20.2. The van der Waals surface area contributed by atoms with Gasteiger partial charge in [0.25, 0.3) is 0 Å². The first kappa shape index (κ1) is 20.9. The van der Waals surface area contributed by atoms with E-state index in [0.717, 1.165) is 16.8 Å². The normalized spacial score (nSPS) is 11.8. The number of benzene rings is 1. The minimum Gasteiger partial charge on any atom is -0.471 e. The van der Waals surface area contributed by atoms with Crippen molar-refractivity contribution in [2.75, 3.05) is 6.61 Å². The maximum atomic E-state index is 13.8. The lowest BCUT2D eigenvalue weighted by atomic mass is 10.1. The van der Waals surface area contributed by atoms with Gasteiger partial charge in [0.05, 0.1) is 10.0 Å². The highest BCUT2D eigenvalue weighted by molar-refractivity contribution is 6.37. The van der Waals surface area contributed by atoms with Crippen molar-refractivity contribution >= 4 is 28.9 Å². The van der Waals surface area contributed by atoms with Gasteiger partial charge in [-0.05, 0) is 12.1 Å². The van der Waals surface area contributed by atoms with Gasteiger partial charge in [-0.15, -0.1) is 0 Å². The maximum Gasteiger partial charge on any atom is 0.435 e. The van der Waals surface area contributed by atoms with Crippen LogP contribution in [-0.2, 0) is 18.1 Å². The first-order chi connectivity index (χ1) is 12.6. The number of rotatable bonds is 5. The van der Waals surface area contributed by atoms with E-state index >= 15 is 0 Å². The summed E-state index contributed by atoms with van der Waals surface area (Å²) in [5.41, 5.74) is -1.06. The lowest BCUT2D eigenvalue weighted by molar-refractivity contribution is -0.141. The van der Waals surface area contributed by atoms with Gasteiger partial charge < -0.3 is 9.57 Å². The molecule has 0 saturated carbocycles. The Morgan fingerprint density at radius 2 is 1.96 bits per heavy atom. The Morgan fingerprint density at radius 3 is 2.56 bits per heavy atom. The van der Waals surface area contributed by atoms with Gasteiger partial charge in [0.1, 0.15) is 24.2 Å². The number of oxime groups is 1. The number of aromatic nitrogens is 2. The fraction of sp³-hybridized carbons (Fsp3) is 0.250. The van der Waals surface area contributed by atoms with E-state index in [1.165, 1.54) is 14.0 Å². The molecule has 1 aromatic carbocycles. The molecule has 0 amide bonds. The van der Waals surface area contributed by atoms with Gasteiger partial charge >= 0.3 is 6.18 Å². The van der Waals surface area contributed by atoms with Gasteiger partial charge in [0, 0.05) is 25.6 Å². The van der Waals surface area contributed by atoms with Crippen molar-refractivity contribution in [2.45, 2.75) is 13.1 Å². The standard InChI is InChI=1S/C16H11Cl2F4N3O2/c1-3-4-27-24-13(9-5-12(19)11(18)6-10(9)17)8-26-15-7-14(16(20,21)22)23-25(15)2/h5-7H,8H2,1-2H3/b24-13+. The molecule has 27 heavy (non-hydrogen) atoms. The molecular weight excluding hydrogens is 413 g/mol. The van der Waals surface area contributed by atoms with E-state index in [0.29, 0.717) is 6.07 Å². The average molecular weight is 424 g/mol.